The molecule has 7 nitrogen and oxygen atoms in total. The maximum atomic E-state index is 11.9. The summed E-state index contributed by atoms with van der Waals surface area (Å²) in [6.07, 6.45) is 2.94. The van der Waals surface area contributed by atoms with Crippen molar-refractivity contribution < 1.29 is 19.1 Å². The van der Waals surface area contributed by atoms with Crippen LogP contribution in [-0.4, -0.2) is 30.0 Å². The first-order valence-corrected chi connectivity index (χ1v) is 7.93. The Morgan fingerprint density at radius 2 is 1.83 bits per heavy atom. The fraction of sp³-hybridized carbons (Fsp3) is 0.188. The molecule has 0 atom stereocenters. The van der Waals surface area contributed by atoms with Gasteiger partial charge in [0.2, 0.25) is 0 Å². The number of ether oxygens (including phenoxy) is 2. The van der Waals surface area contributed by atoms with Gasteiger partial charge < -0.3 is 9.47 Å². The Hall–Kier alpha value is -2.61. The first-order chi connectivity index (χ1) is 11.6. The summed E-state index contributed by atoms with van der Waals surface area (Å²) in [5, 5.41) is 0. The largest absolute Gasteiger partial charge is 0.490 e. The molecule has 126 valence electrons. The maximum absolute atomic E-state index is 11.9. The van der Waals surface area contributed by atoms with E-state index in [1.165, 1.54) is 6.20 Å². The van der Waals surface area contributed by atoms with Gasteiger partial charge in [0.05, 0.1) is 12.2 Å². The zero-order valence-electron chi connectivity index (χ0n) is 12.9. The Bertz CT molecular complexity index is 724. The average Bonchev–Trinajstić information content (AvgIpc) is 2.59. The lowest BCUT2D eigenvalue weighted by Gasteiger charge is -2.12. The van der Waals surface area contributed by atoms with Crippen molar-refractivity contribution in [2.75, 3.05) is 13.2 Å². The number of nitrogens with zero attached hydrogens (tertiary/aromatic N) is 1. The van der Waals surface area contributed by atoms with E-state index in [2.05, 4.69) is 31.8 Å². The number of hydrogen-bond donors (Lipinski definition) is 2. The van der Waals surface area contributed by atoms with E-state index in [9.17, 15) is 9.59 Å². The van der Waals surface area contributed by atoms with Crippen LogP contribution >= 0.6 is 15.9 Å². The van der Waals surface area contributed by atoms with Crippen LogP contribution in [0.2, 0.25) is 0 Å². The van der Waals surface area contributed by atoms with Gasteiger partial charge in [-0.1, -0.05) is 12.1 Å². The van der Waals surface area contributed by atoms with Crippen molar-refractivity contribution >= 4 is 27.7 Å². The second-order valence-electron chi connectivity index (χ2n) is 4.56. The number of benzene rings is 1. The van der Waals surface area contributed by atoms with Crippen molar-refractivity contribution in [3.63, 3.8) is 0 Å². The first-order valence-electron chi connectivity index (χ1n) is 7.14. The van der Waals surface area contributed by atoms with E-state index in [-0.39, 0.29) is 6.61 Å². The summed E-state index contributed by atoms with van der Waals surface area (Å²) in [7, 11) is 0. The van der Waals surface area contributed by atoms with E-state index >= 15 is 0 Å². The van der Waals surface area contributed by atoms with Crippen molar-refractivity contribution in [3.05, 3.63) is 52.8 Å². The van der Waals surface area contributed by atoms with Gasteiger partial charge in [0.25, 0.3) is 11.8 Å². The standard InChI is InChI=1S/C16H16BrN3O4/c1-2-23-13-5-3-4-6-14(13)24-10-15(21)19-20-16(22)11-7-12(17)9-18-8-11/h3-9H,2,10H2,1H3,(H,19,21)(H,20,22). The number of pyridine rings is 1. The van der Waals surface area contributed by atoms with E-state index in [0.29, 0.717) is 28.1 Å². The predicted molar refractivity (Wildman–Crippen MR) is 90.7 cm³/mol. The molecule has 1 aromatic carbocycles. The highest BCUT2D eigenvalue weighted by Gasteiger charge is 2.10. The zero-order chi connectivity index (χ0) is 17.4. The Kier molecular flexibility index (Phi) is 6.56. The number of para-hydroxylation sites is 2. The van der Waals surface area contributed by atoms with Gasteiger partial charge in [0.1, 0.15) is 0 Å². The molecule has 1 aromatic heterocycles. The van der Waals surface area contributed by atoms with Crippen molar-refractivity contribution in [1.29, 1.82) is 0 Å². The fourth-order valence-corrected chi connectivity index (χ4v) is 2.12. The molecule has 24 heavy (non-hydrogen) atoms. The number of aromatic nitrogens is 1. The van der Waals surface area contributed by atoms with Crippen LogP contribution in [0, 0.1) is 0 Å². The number of carbonyl (C=O) groups is 2. The van der Waals surface area contributed by atoms with E-state index in [4.69, 9.17) is 9.47 Å². The van der Waals surface area contributed by atoms with Crippen LogP contribution in [0.1, 0.15) is 17.3 Å². The molecule has 0 aliphatic carbocycles. The first kappa shape index (κ1) is 17.7. The van der Waals surface area contributed by atoms with E-state index in [1.807, 2.05) is 13.0 Å². The van der Waals surface area contributed by atoms with Crippen LogP contribution in [-0.2, 0) is 4.79 Å². The molecule has 0 spiro atoms. The molecule has 0 saturated heterocycles. The summed E-state index contributed by atoms with van der Waals surface area (Å²) < 4.78 is 11.5. The molecule has 2 amide bonds. The number of carbonyl (C=O) groups excluding carboxylic acids is 2. The van der Waals surface area contributed by atoms with Crippen molar-refractivity contribution in [3.8, 4) is 11.5 Å². The second kappa shape index (κ2) is 8.88. The SMILES string of the molecule is CCOc1ccccc1OCC(=O)NNC(=O)c1cncc(Br)c1. The molecule has 2 rings (SSSR count). The Morgan fingerprint density at radius 1 is 1.12 bits per heavy atom. The summed E-state index contributed by atoms with van der Waals surface area (Å²) in [6.45, 7) is 2.08. The lowest BCUT2D eigenvalue weighted by molar-refractivity contribution is -0.123. The normalized spacial score (nSPS) is 9.92. The minimum absolute atomic E-state index is 0.263. The highest BCUT2D eigenvalue weighted by atomic mass is 79.9. The molecule has 0 bridgehead atoms. The average molecular weight is 394 g/mol. The molecule has 0 radical (unpaired) electrons. The third-order valence-corrected chi connectivity index (χ3v) is 3.22. The van der Waals surface area contributed by atoms with Crippen LogP contribution in [0.25, 0.3) is 0 Å². The van der Waals surface area contributed by atoms with Gasteiger partial charge in [0.15, 0.2) is 18.1 Å². The highest BCUT2D eigenvalue weighted by molar-refractivity contribution is 9.10. The molecule has 0 fully saturated rings. The Morgan fingerprint density at radius 3 is 2.50 bits per heavy atom. The van der Waals surface area contributed by atoms with Crippen LogP contribution in [0.5, 0.6) is 11.5 Å². The van der Waals surface area contributed by atoms with E-state index in [0.717, 1.165) is 0 Å². The molecule has 8 heteroatoms. The third-order valence-electron chi connectivity index (χ3n) is 2.79. The van der Waals surface area contributed by atoms with E-state index in [1.54, 1.807) is 30.5 Å². The van der Waals surface area contributed by atoms with Gasteiger partial charge in [0, 0.05) is 16.9 Å². The summed E-state index contributed by atoms with van der Waals surface area (Å²) >= 11 is 3.22. The number of amides is 2. The molecule has 2 N–H and O–H groups in total. The molecule has 2 aromatic rings. The summed E-state index contributed by atoms with van der Waals surface area (Å²) in [6, 6.07) is 8.62. The van der Waals surface area contributed by atoms with Crippen molar-refractivity contribution in [2.45, 2.75) is 6.92 Å². The van der Waals surface area contributed by atoms with Crippen LogP contribution in [0.15, 0.2) is 47.2 Å². The number of nitrogens with one attached hydrogen (secondary N) is 2. The molecule has 0 aliphatic rings. The fourth-order valence-electron chi connectivity index (χ4n) is 1.76. The van der Waals surface area contributed by atoms with Gasteiger partial charge in [-0.25, -0.2) is 0 Å². The Balaban J connectivity index is 1.83. The smallest absolute Gasteiger partial charge is 0.276 e. The van der Waals surface area contributed by atoms with Gasteiger partial charge >= 0.3 is 0 Å². The van der Waals surface area contributed by atoms with Crippen LogP contribution in [0.4, 0.5) is 0 Å². The number of hydrogen-bond acceptors (Lipinski definition) is 5. The quantitative estimate of drug-likeness (QED) is 0.733. The molecule has 0 unspecified atom stereocenters. The van der Waals surface area contributed by atoms with Gasteiger partial charge in [-0.05, 0) is 41.1 Å². The molecular weight excluding hydrogens is 378 g/mol. The minimum Gasteiger partial charge on any atom is -0.490 e. The van der Waals surface area contributed by atoms with Gasteiger partial charge in [-0.2, -0.15) is 0 Å². The molecule has 0 saturated carbocycles. The van der Waals surface area contributed by atoms with Crippen molar-refractivity contribution in [2.24, 2.45) is 0 Å². The molecular formula is C16H16BrN3O4. The minimum atomic E-state index is -0.502. The molecule has 1 heterocycles. The number of rotatable bonds is 6. The van der Waals surface area contributed by atoms with Crippen LogP contribution < -0.4 is 20.3 Å². The Labute approximate surface area is 147 Å². The summed E-state index contributed by atoms with van der Waals surface area (Å²) in [5.74, 6) is 0.0264. The zero-order valence-corrected chi connectivity index (χ0v) is 14.5. The van der Waals surface area contributed by atoms with E-state index < -0.39 is 11.8 Å². The predicted octanol–water partition coefficient (Wildman–Crippen LogP) is 2.08. The second-order valence-corrected chi connectivity index (χ2v) is 5.48. The van der Waals surface area contributed by atoms with Gasteiger partial charge in [-0.15, -0.1) is 0 Å². The highest BCUT2D eigenvalue weighted by Crippen LogP contribution is 2.26. The topological polar surface area (TPSA) is 89.5 Å². The summed E-state index contributed by atoms with van der Waals surface area (Å²) in [4.78, 5) is 27.5. The number of halogens is 1. The molecule has 0 aliphatic heterocycles. The summed E-state index contributed by atoms with van der Waals surface area (Å²) in [5.41, 5.74) is 4.88. The lowest BCUT2D eigenvalue weighted by atomic mass is 10.3. The monoisotopic (exact) mass is 393 g/mol. The lowest BCUT2D eigenvalue weighted by Crippen LogP contribution is -2.43. The van der Waals surface area contributed by atoms with Crippen LogP contribution in [0.3, 0.4) is 0 Å². The van der Waals surface area contributed by atoms with Gasteiger partial charge in [-0.3, -0.25) is 25.4 Å². The van der Waals surface area contributed by atoms with Crippen molar-refractivity contribution in [1.82, 2.24) is 15.8 Å². The maximum Gasteiger partial charge on any atom is 0.276 e. The number of hydrazine groups is 1. The third kappa shape index (κ3) is 5.24.